The van der Waals surface area contributed by atoms with Gasteiger partial charge < -0.3 is 31.5 Å². The zero-order chi connectivity index (χ0) is 19.5. The van der Waals surface area contributed by atoms with Gasteiger partial charge in [-0.05, 0) is 13.3 Å². The van der Waals surface area contributed by atoms with E-state index in [1.807, 2.05) is 0 Å². The molecule has 0 saturated carbocycles. The van der Waals surface area contributed by atoms with Crippen molar-refractivity contribution in [1.82, 2.24) is 15.5 Å². The lowest BCUT2D eigenvalue weighted by atomic mass is 9.83. The second kappa shape index (κ2) is 6.77. The van der Waals surface area contributed by atoms with E-state index in [2.05, 4.69) is 10.6 Å². The summed E-state index contributed by atoms with van der Waals surface area (Å²) in [5.74, 6) is -2.04. The molecule has 3 fully saturated rings. The number of fused-ring (bicyclic) bond motifs is 1. The second-order valence-electron chi connectivity index (χ2n) is 7.75. The van der Waals surface area contributed by atoms with E-state index >= 15 is 0 Å². The number of hydrogen-bond acceptors (Lipinski definition) is 7. The first-order valence-corrected chi connectivity index (χ1v) is 10.1. The number of β-lactam (4-membered cyclic amide) rings is 1. The zero-order valence-electron chi connectivity index (χ0n) is 14.9. The van der Waals surface area contributed by atoms with Gasteiger partial charge in [0.1, 0.15) is 5.70 Å². The Morgan fingerprint density at radius 1 is 1.37 bits per heavy atom. The summed E-state index contributed by atoms with van der Waals surface area (Å²) in [6, 6.07) is -0.671. The summed E-state index contributed by atoms with van der Waals surface area (Å²) >= 11 is 1.49. The Morgan fingerprint density at radius 3 is 2.70 bits per heavy atom. The molecule has 4 heterocycles. The first-order valence-electron chi connectivity index (χ1n) is 9.20. The maximum absolute atomic E-state index is 12.3. The fourth-order valence-corrected chi connectivity index (χ4v) is 6.19. The van der Waals surface area contributed by atoms with Crippen molar-refractivity contribution in [3.05, 3.63) is 10.6 Å². The third kappa shape index (κ3) is 2.95. The number of carboxylic acid groups (broad SMARTS) is 1. The Hall–Kier alpha value is -1.62. The molecule has 7 atom stereocenters. The molecular weight excluding hydrogens is 372 g/mol. The summed E-state index contributed by atoms with van der Waals surface area (Å²) < 4.78 is 0. The van der Waals surface area contributed by atoms with E-state index in [0.717, 1.165) is 6.42 Å². The van der Waals surface area contributed by atoms with E-state index in [4.69, 9.17) is 5.73 Å². The van der Waals surface area contributed by atoms with Crippen LogP contribution in [0.1, 0.15) is 19.8 Å². The average Bonchev–Trinajstić information content (AvgIpc) is 3.26. The van der Waals surface area contributed by atoms with Crippen LogP contribution >= 0.6 is 11.8 Å². The molecule has 0 radical (unpaired) electrons. The predicted molar refractivity (Wildman–Crippen MR) is 97.3 cm³/mol. The van der Waals surface area contributed by atoms with Crippen LogP contribution in [0.3, 0.4) is 0 Å². The molecule has 6 N–H and O–H groups in total. The van der Waals surface area contributed by atoms with Crippen molar-refractivity contribution in [2.24, 2.45) is 17.6 Å². The van der Waals surface area contributed by atoms with Gasteiger partial charge in [0.15, 0.2) is 0 Å². The van der Waals surface area contributed by atoms with Gasteiger partial charge in [0.25, 0.3) is 0 Å². The third-order valence-corrected chi connectivity index (χ3v) is 7.45. The van der Waals surface area contributed by atoms with E-state index in [0.29, 0.717) is 24.4 Å². The van der Waals surface area contributed by atoms with Crippen molar-refractivity contribution >= 4 is 29.5 Å². The number of hydrogen-bond donors (Lipinski definition) is 5. The van der Waals surface area contributed by atoms with Gasteiger partial charge in [-0.2, -0.15) is 0 Å². The number of rotatable bonds is 5. The van der Waals surface area contributed by atoms with E-state index in [1.165, 1.54) is 16.7 Å². The van der Waals surface area contributed by atoms with Crippen molar-refractivity contribution in [2.75, 3.05) is 13.1 Å². The molecule has 2 unspecified atom stereocenters. The lowest BCUT2D eigenvalue weighted by Crippen LogP contribution is -2.61. The largest absolute Gasteiger partial charge is 0.477 e. The molecule has 0 aliphatic carbocycles. The summed E-state index contributed by atoms with van der Waals surface area (Å²) in [6.45, 7) is 2.82. The standard InChI is InChI=1S/C17H24N4O5S/c1-6(22)12-10-3-11(14(17(25)26)21(10)16(12)24)27-7-2-9(19-4-7)8-5-20-15(23)13(8)18/h6-10,12-13,19,22H,2-5,18H2,1H3,(H,20,23)(H,25,26)/t6-,7+,8?,9+,10-,12-,13?/m1/s1. The highest BCUT2D eigenvalue weighted by atomic mass is 32.2. The fraction of sp³-hybridized carbons (Fsp3) is 0.706. The van der Waals surface area contributed by atoms with Gasteiger partial charge in [0.05, 0.1) is 24.1 Å². The number of nitrogens with zero attached hydrogens (tertiary/aromatic N) is 1. The maximum Gasteiger partial charge on any atom is 0.353 e. The van der Waals surface area contributed by atoms with Crippen molar-refractivity contribution in [3.63, 3.8) is 0 Å². The molecule has 9 nitrogen and oxygen atoms in total. The Bertz CT molecular complexity index is 726. The van der Waals surface area contributed by atoms with Crippen LogP contribution in [0.5, 0.6) is 0 Å². The number of nitrogens with one attached hydrogen (secondary N) is 2. The van der Waals surface area contributed by atoms with Gasteiger partial charge in [-0.25, -0.2) is 4.79 Å². The molecule has 0 aromatic heterocycles. The number of carbonyl (C=O) groups is 3. The molecule has 4 rings (SSSR count). The summed E-state index contributed by atoms with van der Waals surface area (Å²) in [7, 11) is 0. The number of aliphatic hydroxyl groups is 1. The molecule has 27 heavy (non-hydrogen) atoms. The predicted octanol–water partition coefficient (Wildman–Crippen LogP) is -1.57. The van der Waals surface area contributed by atoms with Crippen LogP contribution in [0.15, 0.2) is 10.6 Å². The van der Waals surface area contributed by atoms with Crippen LogP contribution in [-0.2, 0) is 14.4 Å². The molecule has 3 saturated heterocycles. The molecular formula is C17H24N4O5S. The van der Waals surface area contributed by atoms with Gasteiger partial charge in [-0.3, -0.25) is 9.59 Å². The smallest absolute Gasteiger partial charge is 0.353 e. The van der Waals surface area contributed by atoms with E-state index < -0.39 is 24.0 Å². The minimum atomic E-state index is -1.10. The van der Waals surface area contributed by atoms with E-state index in [-0.39, 0.29) is 40.8 Å². The Balaban J connectivity index is 1.44. The van der Waals surface area contributed by atoms with Gasteiger partial charge in [-0.1, -0.05) is 0 Å². The molecule has 2 amide bonds. The van der Waals surface area contributed by atoms with Gasteiger partial charge in [0.2, 0.25) is 11.8 Å². The second-order valence-corrected chi connectivity index (χ2v) is 9.14. The summed E-state index contributed by atoms with van der Waals surface area (Å²) in [6.07, 6.45) is 0.467. The zero-order valence-corrected chi connectivity index (χ0v) is 15.7. The number of nitrogens with two attached hydrogens (primary N) is 1. The number of carbonyl (C=O) groups excluding carboxylic acids is 2. The van der Waals surface area contributed by atoms with Crippen molar-refractivity contribution in [3.8, 4) is 0 Å². The normalized spacial score (nSPS) is 39.4. The molecule has 0 aromatic rings. The summed E-state index contributed by atoms with van der Waals surface area (Å²) in [5.41, 5.74) is 6.02. The highest BCUT2D eigenvalue weighted by molar-refractivity contribution is 8.03. The van der Waals surface area contributed by atoms with Crippen molar-refractivity contribution < 1.29 is 24.6 Å². The maximum atomic E-state index is 12.3. The van der Waals surface area contributed by atoms with Crippen LogP contribution in [0.25, 0.3) is 0 Å². The molecule has 10 heteroatoms. The van der Waals surface area contributed by atoms with E-state index in [9.17, 15) is 24.6 Å². The lowest BCUT2D eigenvalue weighted by molar-refractivity contribution is -0.161. The van der Waals surface area contributed by atoms with Crippen LogP contribution in [0, 0.1) is 11.8 Å². The number of amides is 2. The monoisotopic (exact) mass is 396 g/mol. The van der Waals surface area contributed by atoms with Crippen LogP contribution in [0.2, 0.25) is 0 Å². The van der Waals surface area contributed by atoms with Crippen molar-refractivity contribution in [2.45, 2.75) is 49.2 Å². The Morgan fingerprint density at radius 2 is 2.11 bits per heavy atom. The number of carboxylic acids is 1. The molecule has 148 valence electrons. The molecule has 4 aliphatic heterocycles. The number of aliphatic hydroxyl groups excluding tert-OH is 1. The quantitative estimate of drug-likeness (QED) is 0.351. The lowest BCUT2D eigenvalue weighted by Gasteiger charge is -2.44. The fourth-order valence-electron chi connectivity index (χ4n) is 4.74. The number of thioether (sulfide) groups is 1. The van der Waals surface area contributed by atoms with Crippen molar-refractivity contribution in [1.29, 1.82) is 0 Å². The first kappa shape index (κ1) is 18.7. The third-order valence-electron chi connectivity index (χ3n) is 6.12. The highest BCUT2D eigenvalue weighted by Gasteiger charge is 2.57. The van der Waals surface area contributed by atoms with Gasteiger partial charge in [0, 0.05) is 41.6 Å². The minimum absolute atomic E-state index is 0.0285. The van der Waals surface area contributed by atoms with Crippen LogP contribution in [-0.4, -0.2) is 75.5 Å². The Kier molecular flexibility index (Phi) is 4.69. The highest BCUT2D eigenvalue weighted by Crippen LogP contribution is 2.48. The molecule has 4 aliphatic rings. The van der Waals surface area contributed by atoms with Crippen LogP contribution < -0.4 is 16.4 Å². The first-order chi connectivity index (χ1) is 12.8. The SMILES string of the molecule is C[C@@H](O)[C@H]1C(=O)N2C(C(=O)O)=C(S[C@@H]3CN[C@H](C4CNC(=O)C4N)C3)C[C@H]12. The molecule has 0 aromatic carbocycles. The van der Waals surface area contributed by atoms with E-state index in [1.54, 1.807) is 6.92 Å². The Labute approximate surface area is 160 Å². The number of aliphatic carboxylic acids is 1. The summed E-state index contributed by atoms with van der Waals surface area (Å²) in [4.78, 5) is 37.7. The minimum Gasteiger partial charge on any atom is -0.477 e. The van der Waals surface area contributed by atoms with Gasteiger partial charge in [-0.15, -0.1) is 11.8 Å². The van der Waals surface area contributed by atoms with Gasteiger partial charge >= 0.3 is 5.97 Å². The summed E-state index contributed by atoms with van der Waals surface area (Å²) in [5, 5.41) is 25.8. The topological polar surface area (TPSA) is 145 Å². The van der Waals surface area contributed by atoms with Crippen LogP contribution in [0.4, 0.5) is 0 Å². The molecule has 0 bridgehead atoms. The molecule has 0 spiro atoms. The average molecular weight is 396 g/mol.